The van der Waals surface area contributed by atoms with Gasteiger partial charge in [-0.3, -0.25) is 0 Å². The molecule has 0 N–H and O–H groups in total. The highest BCUT2D eigenvalue weighted by molar-refractivity contribution is 7.07. The van der Waals surface area contributed by atoms with E-state index in [1.165, 1.54) is 11.5 Å². The van der Waals surface area contributed by atoms with Crippen LogP contribution in [0, 0.1) is 13.8 Å². The second kappa shape index (κ2) is 9.57. The molecule has 0 fully saturated rings. The molecule has 1 heterocycles. The third-order valence-corrected chi connectivity index (χ3v) is 5.75. The van der Waals surface area contributed by atoms with Crippen molar-refractivity contribution in [3.8, 4) is 10.9 Å². The summed E-state index contributed by atoms with van der Waals surface area (Å²) in [4.78, 5) is 11.1. The van der Waals surface area contributed by atoms with E-state index in [0.29, 0.717) is 27.5 Å². The van der Waals surface area contributed by atoms with Crippen LogP contribution in [0.4, 0.5) is 5.69 Å². The van der Waals surface area contributed by atoms with Crippen molar-refractivity contribution in [2.24, 2.45) is 4.99 Å². The second-order valence-corrected chi connectivity index (χ2v) is 8.25. The molecule has 0 atom stereocenters. The molecule has 0 aliphatic heterocycles. The number of aliphatic imine (C=N–C) groups is 1. The molecule has 0 saturated carbocycles. The normalized spacial score (nSPS) is 11.2. The first-order valence-corrected chi connectivity index (χ1v) is 10.7. The number of aryl methyl sites for hydroxylation is 2. The smallest absolute Gasteiger partial charge is 0.298 e. The Morgan fingerprint density at radius 2 is 1.93 bits per heavy atom. The number of nitrogens with zero attached hydrogens (tertiary/aromatic N) is 4. The Morgan fingerprint density at radius 1 is 1.14 bits per heavy atom. The van der Waals surface area contributed by atoms with Crippen molar-refractivity contribution in [1.82, 2.24) is 14.3 Å². The number of benzene rings is 2. The molecular formula is C21H22Cl2N4OS. The highest BCUT2D eigenvalue weighted by Crippen LogP contribution is 2.32. The maximum atomic E-state index is 6.08. The fraction of sp³-hybridized carbons (Fsp3) is 0.286. The van der Waals surface area contributed by atoms with Gasteiger partial charge in [0.1, 0.15) is 5.75 Å². The van der Waals surface area contributed by atoms with E-state index < -0.39 is 0 Å². The number of ether oxygens (including phenoxy) is 1. The highest BCUT2D eigenvalue weighted by Gasteiger charge is 2.11. The van der Waals surface area contributed by atoms with Gasteiger partial charge < -0.3 is 9.64 Å². The Labute approximate surface area is 185 Å². The molecular weight excluding hydrogens is 427 g/mol. The Bertz CT molecular complexity index is 1040. The van der Waals surface area contributed by atoms with Crippen molar-refractivity contribution in [3.05, 3.63) is 62.9 Å². The van der Waals surface area contributed by atoms with Gasteiger partial charge in [0, 0.05) is 31.5 Å². The number of aromatic nitrogens is 2. The van der Waals surface area contributed by atoms with Crippen molar-refractivity contribution in [2.75, 3.05) is 13.6 Å². The van der Waals surface area contributed by atoms with E-state index in [0.717, 1.165) is 34.7 Å². The second-order valence-electron chi connectivity index (χ2n) is 6.73. The molecule has 29 heavy (non-hydrogen) atoms. The van der Waals surface area contributed by atoms with Gasteiger partial charge in [-0.25, -0.2) is 4.99 Å². The Morgan fingerprint density at radius 3 is 2.66 bits per heavy atom. The van der Waals surface area contributed by atoms with Crippen LogP contribution in [0.15, 0.2) is 35.3 Å². The lowest BCUT2D eigenvalue weighted by Gasteiger charge is -2.11. The van der Waals surface area contributed by atoms with E-state index in [1.807, 2.05) is 56.4 Å². The lowest BCUT2D eigenvalue weighted by Crippen LogP contribution is -2.14. The van der Waals surface area contributed by atoms with Crippen LogP contribution in [-0.4, -0.2) is 34.2 Å². The molecule has 0 aliphatic carbocycles. The standard InChI is InChI=1S/C21H22Cl2N4OS/c1-5-27(4)12-24-18-8-14(3)19(9-13(18)2)28-21-25-20(26-29-21)11-15-6-7-16(22)17(23)10-15/h6-10,12H,5,11H2,1-4H3/b24-12-. The first-order valence-electron chi connectivity index (χ1n) is 9.15. The summed E-state index contributed by atoms with van der Waals surface area (Å²) < 4.78 is 10.4. The summed E-state index contributed by atoms with van der Waals surface area (Å²) in [5, 5.41) is 1.56. The van der Waals surface area contributed by atoms with Crippen LogP contribution in [0.5, 0.6) is 10.9 Å². The van der Waals surface area contributed by atoms with Crippen LogP contribution in [0.25, 0.3) is 0 Å². The molecule has 0 amide bonds. The van der Waals surface area contributed by atoms with Gasteiger partial charge in [-0.05, 0) is 61.7 Å². The molecule has 0 saturated heterocycles. The summed E-state index contributed by atoms with van der Waals surface area (Å²) in [6.07, 6.45) is 2.40. The van der Waals surface area contributed by atoms with Crippen molar-refractivity contribution < 1.29 is 4.74 Å². The summed E-state index contributed by atoms with van der Waals surface area (Å²) >= 11 is 13.3. The summed E-state index contributed by atoms with van der Waals surface area (Å²) in [5.74, 6) is 1.43. The largest absolute Gasteiger partial charge is 0.430 e. The SMILES string of the molecule is CCN(C)/C=N\c1cc(C)c(Oc2nc(Cc3ccc(Cl)c(Cl)c3)ns2)cc1C. The van der Waals surface area contributed by atoms with E-state index in [-0.39, 0.29) is 0 Å². The average molecular weight is 449 g/mol. The van der Waals surface area contributed by atoms with Gasteiger partial charge in [-0.15, -0.1) is 0 Å². The van der Waals surface area contributed by atoms with Gasteiger partial charge in [0.25, 0.3) is 5.19 Å². The number of hydrogen-bond acceptors (Lipinski definition) is 5. The fourth-order valence-corrected chi connectivity index (χ4v) is 3.43. The van der Waals surface area contributed by atoms with Crippen molar-refractivity contribution in [1.29, 1.82) is 0 Å². The molecule has 0 unspecified atom stereocenters. The molecule has 0 aliphatic rings. The zero-order valence-corrected chi connectivity index (χ0v) is 19.1. The topological polar surface area (TPSA) is 50.6 Å². The third-order valence-electron chi connectivity index (χ3n) is 4.38. The minimum Gasteiger partial charge on any atom is -0.430 e. The monoisotopic (exact) mass is 448 g/mol. The van der Waals surface area contributed by atoms with Crippen LogP contribution in [-0.2, 0) is 6.42 Å². The van der Waals surface area contributed by atoms with E-state index in [4.69, 9.17) is 27.9 Å². The van der Waals surface area contributed by atoms with Crippen LogP contribution in [0.3, 0.4) is 0 Å². The summed E-state index contributed by atoms with van der Waals surface area (Å²) in [6.45, 7) is 7.00. The maximum Gasteiger partial charge on any atom is 0.298 e. The number of hydrogen-bond donors (Lipinski definition) is 0. The first-order chi connectivity index (χ1) is 13.9. The quantitative estimate of drug-likeness (QED) is 0.307. The number of halogens is 2. The van der Waals surface area contributed by atoms with Crippen molar-refractivity contribution in [2.45, 2.75) is 27.2 Å². The molecule has 152 valence electrons. The zero-order chi connectivity index (χ0) is 21.0. The van der Waals surface area contributed by atoms with Crippen molar-refractivity contribution in [3.63, 3.8) is 0 Å². The molecule has 5 nitrogen and oxygen atoms in total. The van der Waals surface area contributed by atoms with Gasteiger partial charge in [0.05, 0.1) is 22.1 Å². The summed E-state index contributed by atoms with van der Waals surface area (Å²) in [6, 6.07) is 9.51. The van der Waals surface area contributed by atoms with E-state index in [2.05, 4.69) is 21.3 Å². The predicted octanol–water partition coefficient (Wildman–Crippen LogP) is 6.46. The lowest BCUT2D eigenvalue weighted by molar-refractivity contribution is 0.473. The maximum absolute atomic E-state index is 6.08. The van der Waals surface area contributed by atoms with Crippen LogP contribution < -0.4 is 4.74 Å². The lowest BCUT2D eigenvalue weighted by atomic mass is 10.1. The van der Waals surface area contributed by atoms with E-state index in [9.17, 15) is 0 Å². The average Bonchev–Trinajstić information content (AvgIpc) is 3.12. The molecule has 3 aromatic rings. The van der Waals surface area contributed by atoms with Gasteiger partial charge in [0.2, 0.25) is 0 Å². The molecule has 0 bridgehead atoms. The number of rotatable bonds is 7. The minimum atomic E-state index is 0.504. The minimum absolute atomic E-state index is 0.504. The molecule has 8 heteroatoms. The molecule has 0 spiro atoms. The first kappa shape index (κ1) is 21.6. The molecule has 2 aromatic carbocycles. The Hall–Kier alpha value is -2.15. The molecule has 3 rings (SSSR count). The van der Waals surface area contributed by atoms with Gasteiger partial charge >= 0.3 is 0 Å². The van der Waals surface area contributed by atoms with Crippen LogP contribution in [0.1, 0.15) is 29.4 Å². The van der Waals surface area contributed by atoms with E-state index in [1.54, 1.807) is 6.07 Å². The summed E-state index contributed by atoms with van der Waals surface area (Å²) in [7, 11) is 1.99. The van der Waals surface area contributed by atoms with Crippen LogP contribution in [0.2, 0.25) is 10.0 Å². The van der Waals surface area contributed by atoms with Gasteiger partial charge in [-0.1, -0.05) is 29.3 Å². The zero-order valence-electron chi connectivity index (χ0n) is 16.7. The third kappa shape index (κ3) is 5.69. The molecule has 1 aromatic heterocycles. The van der Waals surface area contributed by atoms with Crippen LogP contribution >= 0.6 is 34.7 Å². The Kier molecular flexibility index (Phi) is 7.11. The van der Waals surface area contributed by atoms with Crippen molar-refractivity contribution >= 4 is 46.8 Å². The highest BCUT2D eigenvalue weighted by atomic mass is 35.5. The van der Waals surface area contributed by atoms with Gasteiger partial charge in [0.15, 0.2) is 5.82 Å². The van der Waals surface area contributed by atoms with Gasteiger partial charge in [-0.2, -0.15) is 9.36 Å². The predicted molar refractivity (Wildman–Crippen MR) is 122 cm³/mol. The summed E-state index contributed by atoms with van der Waals surface area (Å²) in [5.41, 5.74) is 3.94. The molecule has 0 radical (unpaired) electrons. The fourth-order valence-electron chi connectivity index (χ4n) is 2.54. The van der Waals surface area contributed by atoms with E-state index >= 15 is 0 Å². The Balaban J connectivity index is 1.72.